The van der Waals surface area contributed by atoms with E-state index >= 15 is 0 Å². The minimum Gasteiger partial charge on any atom is -0.465 e. The molecule has 0 atom stereocenters. The standard InChI is InChI=1S/C15H16N2O3S/c1-9(2)12-8-16-15(21-12)17-13(18)10-4-6-11(7-5-10)14(19)20-3/h4-9H,1-3H3,(H,16,17,18). The van der Waals surface area contributed by atoms with Gasteiger partial charge in [-0.05, 0) is 30.2 Å². The Bertz CT molecular complexity index is 647. The summed E-state index contributed by atoms with van der Waals surface area (Å²) >= 11 is 1.46. The summed E-state index contributed by atoms with van der Waals surface area (Å²) in [5, 5.41) is 3.32. The van der Waals surface area contributed by atoms with E-state index in [9.17, 15) is 9.59 Å². The molecule has 1 amide bonds. The third-order valence-corrected chi connectivity index (χ3v) is 4.09. The van der Waals surface area contributed by atoms with Crippen LogP contribution in [0.15, 0.2) is 30.5 Å². The molecule has 2 aromatic rings. The second-order valence-corrected chi connectivity index (χ2v) is 5.81. The van der Waals surface area contributed by atoms with Crippen molar-refractivity contribution in [1.29, 1.82) is 0 Å². The molecule has 0 aliphatic carbocycles. The fourth-order valence-corrected chi connectivity index (χ4v) is 2.47. The molecule has 0 saturated heterocycles. The first-order valence-corrected chi connectivity index (χ1v) is 7.28. The molecule has 0 aliphatic rings. The summed E-state index contributed by atoms with van der Waals surface area (Å²) in [5.41, 5.74) is 0.870. The molecule has 1 aromatic heterocycles. The van der Waals surface area contributed by atoms with Crippen LogP contribution in [-0.2, 0) is 4.74 Å². The molecule has 0 fully saturated rings. The van der Waals surface area contributed by atoms with Crippen molar-refractivity contribution >= 4 is 28.3 Å². The predicted molar refractivity (Wildman–Crippen MR) is 81.9 cm³/mol. The van der Waals surface area contributed by atoms with Gasteiger partial charge in [0.25, 0.3) is 5.91 Å². The van der Waals surface area contributed by atoms with E-state index in [1.54, 1.807) is 30.5 Å². The van der Waals surface area contributed by atoms with Gasteiger partial charge in [0.2, 0.25) is 0 Å². The van der Waals surface area contributed by atoms with Crippen molar-refractivity contribution in [3.05, 3.63) is 46.5 Å². The number of methoxy groups -OCH3 is 1. The monoisotopic (exact) mass is 304 g/mol. The molecular formula is C15H16N2O3S. The molecule has 0 bridgehead atoms. The van der Waals surface area contributed by atoms with E-state index in [1.165, 1.54) is 18.4 Å². The SMILES string of the molecule is COC(=O)c1ccc(C(=O)Nc2ncc(C(C)C)s2)cc1. The number of nitrogens with one attached hydrogen (secondary N) is 1. The van der Waals surface area contributed by atoms with E-state index in [2.05, 4.69) is 28.9 Å². The average Bonchev–Trinajstić information content (AvgIpc) is 2.95. The maximum Gasteiger partial charge on any atom is 0.337 e. The van der Waals surface area contributed by atoms with Crippen LogP contribution < -0.4 is 5.32 Å². The summed E-state index contributed by atoms with van der Waals surface area (Å²) in [6.07, 6.45) is 1.77. The Morgan fingerprint density at radius 2 is 1.81 bits per heavy atom. The summed E-state index contributed by atoms with van der Waals surface area (Å²) < 4.78 is 4.61. The van der Waals surface area contributed by atoms with Crippen LogP contribution in [0, 0.1) is 0 Å². The Hall–Kier alpha value is -2.21. The zero-order valence-corrected chi connectivity index (χ0v) is 12.9. The smallest absolute Gasteiger partial charge is 0.337 e. The molecule has 0 spiro atoms. The first kappa shape index (κ1) is 15.2. The van der Waals surface area contributed by atoms with Crippen LogP contribution in [0.4, 0.5) is 5.13 Å². The molecule has 1 aromatic carbocycles. The van der Waals surface area contributed by atoms with Gasteiger partial charge in [0, 0.05) is 16.6 Å². The highest BCUT2D eigenvalue weighted by atomic mass is 32.1. The van der Waals surface area contributed by atoms with Gasteiger partial charge in [0.15, 0.2) is 5.13 Å². The van der Waals surface area contributed by atoms with Gasteiger partial charge >= 0.3 is 5.97 Å². The Balaban J connectivity index is 2.07. The Kier molecular flexibility index (Phi) is 4.70. The van der Waals surface area contributed by atoms with E-state index in [0.29, 0.717) is 22.2 Å². The molecular weight excluding hydrogens is 288 g/mol. The van der Waals surface area contributed by atoms with E-state index in [-0.39, 0.29) is 5.91 Å². The van der Waals surface area contributed by atoms with Crippen LogP contribution in [-0.4, -0.2) is 24.0 Å². The Morgan fingerprint density at radius 3 is 2.33 bits per heavy atom. The number of ether oxygens (including phenoxy) is 1. The van der Waals surface area contributed by atoms with Gasteiger partial charge in [0.05, 0.1) is 12.7 Å². The van der Waals surface area contributed by atoms with Crippen LogP contribution in [0.5, 0.6) is 0 Å². The number of esters is 1. The molecule has 5 nitrogen and oxygen atoms in total. The number of amides is 1. The first-order chi connectivity index (χ1) is 10.0. The van der Waals surface area contributed by atoms with Crippen molar-refractivity contribution in [3.8, 4) is 0 Å². The van der Waals surface area contributed by atoms with Crippen molar-refractivity contribution in [2.24, 2.45) is 0 Å². The number of hydrogen-bond donors (Lipinski definition) is 1. The lowest BCUT2D eigenvalue weighted by molar-refractivity contribution is 0.0600. The zero-order valence-electron chi connectivity index (χ0n) is 12.0. The van der Waals surface area contributed by atoms with Gasteiger partial charge < -0.3 is 4.74 Å². The van der Waals surface area contributed by atoms with Gasteiger partial charge in [-0.2, -0.15) is 0 Å². The van der Waals surface area contributed by atoms with Crippen LogP contribution in [0.2, 0.25) is 0 Å². The fraction of sp³-hybridized carbons (Fsp3) is 0.267. The van der Waals surface area contributed by atoms with Crippen molar-refractivity contribution < 1.29 is 14.3 Å². The third-order valence-electron chi connectivity index (χ3n) is 2.88. The molecule has 0 aliphatic heterocycles. The largest absolute Gasteiger partial charge is 0.465 e. The van der Waals surface area contributed by atoms with E-state index < -0.39 is 5.97 Å². The van der Waals surface area contributed by atoms with E-state index in [1.807, 2.05) is 0 Å². The summed E-state index contributed by atoms with van der Waals surface area (Å²) in [4.78, 5) is 28.7. The number of benzene rings is 1. The van der Waals surface area contributed by atoms with E-state index in [4.69, 9.17) is 0 Å². The summed E-state index contributed by atoms with van der Waals surface area (Å²) in [6.45, 7) is 4.15. The van der Waals surface area contributed by atoms with Crippen LogP contribution in [0.1, 0.15) is 45.4 Å². The van der Waals surface area contributed by atoms with Crippen molar-refractivity contribution in [3.63, 3.8) is 0 Å². The van der Waals surface area contributed by atoms with E-state index in [0.717, 1.165) is 4.88 Å². The summed E-state index contributed by atoms with van der Waals surface area (Å²) in [5.74, 6) is -0.299. The first-order valence-electron chi connectivity index (χ1n) is 6.46. The van der Waals surface area contributed by atoms with Gasteiger partial charge in [0.1, 0.15) is 0 Å². The van der Waals surface area contributed by atoms with Crippen LogP contribution >= 0.6 is 11.3 Å². The van der Waals surface area contributed by atoms with Crippen molar-refractivity contribution in [2.45, 2.75) is 19.8 Å². The second kappa shape index (κ2) is 6.49. The van der Waals surface area contributed by atoms with Gasteiger partial charge in [-0.15, -0.1) is 11.3 Å². The zero-order chi connectivity index (χ0) is 15.4. The molecule has 2 rings (SSSR count). The lowest BCUT2D eigenvalue weighted by atomic mass is 10.1. The number of carbonyl (C=O) groups is 2. The maximum atomic E-state index is 12.1. The average molecular weight is 304 g/mol. The van der Waals surface area contributed by atoms with Crippen molar-refractivity contribution in [2.75, 3.05) is 12.4 Å². The van der Waals surface area contributed by atoms with Crippen molar-refractivity contribution in [1.82, 2.24) is 4.98 Å². The third kappa shape index (κ3) is 3.66. The van der Waals surface area contributed by atoms with Gasteiger partial charge in [-0.25, -0.2) is 9.78 Å². The Morgan fingerprint density at radius 1 is 1.19 bits per heavy atom. The number of hydrogen-bond acceptors (Lipinski definition) is 5. The lowest BCUT2D eigenvalue weighted by Gasteiger charge is -2.03. The molecule has 0 unspecified atom stereocenters. The van der Waals surface area contributed by atoms with Gasteiger partial charge in [-0.1, -0.05) is 13.8 Å². The topological polar surface area (TPSA) is 68.3 Å². The quantitative estimate of drug-likeness (QED) is 0.880. The van der Waals surface area contributed by atoms with Gasteiger partial charge in [-0.3, -0.25) is 10.1 Å². The molecule has 0 radical (unpaired) electrons. The minimum absolute atomic E-state index is 0.254. The number of thiazole rings is 1. The molecule has 110 valence electrons. The highest BCUT2D eigenvalue weighted by Crippen LogP contribution is 2.25. The molecule has 6 heteroatoms. The second-order valence-electron chi connectivity index (χ2n) is 4.75. The molecule has 1 N–H and O–H groups in total. The minimum atomic E-state index is -0.427. The number of nitrogens with zero attached hydrogens (tertiary/aromatic N) is 1. The van der Waals surface area contributed by atoms with Crippen LogP contribution in [0.25, 0.3) is 0 Å². The predicted octanol–water partition coefficient (Wildman–Crippen LogP) is 3.31. The fourth-order valence-electron chi connectivity index (χ4n) is 1.66. The lowest BCUT2D eigenvalue weighted by Crippen LogP contribution is -2.12. The molecule has 21 heavy (non-hydrogen) atoms. The number of carbonyl (C=O) groups excluding carboxylic acids is 2. The molecule has 0 saturated carbocycles. The highest BCUT2D eigenvalue weighted by Gasteiger charge is 2.12. The number of aromatic nitrogens is 1. The maximum absolute atomic E-state index is 12.1. The summed E-state index contributed by atoms with van der Waals surface area (Å²) in [6, 6.07) is 6.28. The number of anilines is 1. The normalized spacial score (nSPS) is 10.5. The number of rotatable bonds is 4. The van der Waals surface area contributed by atoms with Crippen LogP contribution in [0.3, 0.4) is 0 Å². The highest BCUT2D eigenvalue weighted by molar-refractivity contribution is 7.15. The summed E-state index contributed by atoms with van der Waals surface area (Å²) in [7, 11) is 1.32. The Labute approximate surface area is 127 Å². The molecule has 1 heterocycles.